The first-order chi connectivity index (χ1) is 16.5. The van der Waals surface area contributed by atoms with Crippen LogP contribution in [0.25, 0.3) is 21.8 Å². The van der Waals surface area contributed by atoms with E-state index >= 15 is 0 Å². The maximum atomic E-state index is 13.4. The van der Waals surface area contributed by atoms with Crippen LogP contribution in [-0.4, -0.2) is 21.9 Å². The SMILES string of the molecule is Cc1ccc(-c2nc(-c3cccnc3)sc2CC(=O)NC(C)C23CC4CC(CC(C4)C2)C3)cc1. The number of hydrogen-bond donors (Lipinski definition) is 1. The van der Waals surface area contributed by atoms with E-state index in [1.165, 1.54) is 44.1 Å². The zero-order valence-corrected chi connectivity index (χ0v) is 20.9. The lowest BCUT2D eigenvalue weighted by atomic mass is 9.48. The highest BCUT2D eigenvalue weighted by atomic mass is 32.1. The average molecular weight is 472 g/mol. The smallest absolute Gasteiger partial charge is 0.225 e. The highest BCUT2D eigenvalue weighted by Crippen LogP contribution is 2.61. The second kappa shape index (κ2) is 8.60. The Balaban J connectivity index is 1.24. The number of carbonyl (C=O) groups is 1. The summed E-state index contributed by atoms with van der Waals surface area (Å²) in [5.74, 6) is 2.80. The number of aryl methyl sites for hydroxylation is 1. The molecule has 1 atom stereocenters. The largest absolute Gasteiger partial charge is 0.353 e. The standard InChI is InChI=1S/C29H33N3OS/c1-18-5-7-23(8-6-18)27-25(34-28(32-27)24-4-3-9-30-17-24)13-26(33)31-19(2)29-14-20-10-21(15-29)12-22(11-20)16-29/h3-9,17,19-22H,10-16H2,1-2H3,(H,31,33). The second-order valence-corrected chi connectivity index (χ2v) is 12.2. The van der Waals surface area contributed by atoms with Crippen LogP contribution in [0.2, 0.25) is 0 Å². The van der Waals surface area contributed by atoms with Crippen molar-refractivity contribution < 1.29 is 4.79 Å². The summed E-state index contributed by atoms with van der Waals surface area (Å²) in [6.07, 6.45) is 12.2. The van der Waals surface area contributed by atoms with Gasteiger partial charge in [0.05, 0.1) is 12.1 Å². The number of hydrogen-bond acceptors (Lipinski definition) is 4. The summed E-state index contributed by atoms with van der Waals surface area (Å²) in [4.78, 5) is 23.6. The van der Waals surface area contributed by atoms with Crippen molar-refractivity contribution in [3.05, 3.63) is 59.2 Å². The van der Waals surface area contributed by atoms with Crippen LogP contribution in [0.3, 0.4) is 0 Å². The number of nitrogens with zero attached hydrogens (tertiary/aromatic N) is 2. The molecular weight excluding hydrogens is 438 g/mol. The van der Waals surface area contributed by atoms with Gasteiger partial charge in [0.15, 0.2) is 0 Å². The Hall–Kier alpha value is -2.53. The van der Waals surface area contributed by atoms with Crippen LogP contribution in [0.5, 0.6) is 0 Å². The highest BCUT2D eigenvalue weighted by Gasteiger charge is 2.53. The van der Waals surface area contributed by atoms with Crippen LogP contribution in [0, 0.1) is 30.1 Å². The van der Waals surface area contributed by atoms with Crippen molar-refractivity contribution in [2.45, 2.75) is 64.8 Å². The fourth-order valence-electron chi connectivity index (χ4n) is 7.32. The number of benzene rings is 1. The number of aromatic nitrogens is 2. The minimum absolute atomic E-state index is 0.123. The van der Waals surface area contributed by atoms with E-state index in [-0.39, 0.29) is 11.9 Å². The molecule has 0 radical (unpaired) electrons. The molecule has 1 unspecified atom stereocenters. The summed E-state index contributed by atoms with van der Waals surface area (Å²) in [7, 11) is 0. The van der Waals surface area contributed by atoms with E-state index in [0.717, 1.165) is 44.5 Å². The Morgan fingerprint density at radius 2 is 1.74 bits per heavy atom. The normalized spacial score (nSPS) is 28.1. The summed E-state index contributed by atoms with van der Waals surface area (Å²) in [6.45, 7) is 4.35. The van der Waals surface area contributed by atoms with E-state index in [1.54, 1.807) is 17.5 Å². The minimum Gasteiger partial charge on any atom is -0.353 e. The first-order valence-electron chi connectivity index (χ1n) is 12.7. The highest BCUT2D eigenvalue weighted by molar-refractivity contribution is 7.15. The zero-order chi connectivity index (χ0) is 23.3. The molecule has 0 aliphatic heterocycles. The van der Waals surface area contributed by atoms with E-state index in [2.05, 4.69) is 48.4 Å². The Bertz CT molecular complexity index is 1150. The van der Waals surface area contributed by atoms with Gasteiger partial charge in [-0.15, -0.1) is 11.3 Å². The molecule has 4 fully saturated rings. The average Bonchev–Trinajstić information content (AvgIpc) is 3.23. The first-order valence-corrected chi connectivity index (χ1v) is 13.6. The lowest BCUT2D eigenvalue weighted by molar-refractivity contribution is -0.125. The molecule has 4 bridgehead atoms. The predicted molar refractivity (Wildman–Crippen MR) is 137 cm³/mol. The molecule has 1 aromatic carbocycles. The van der Waals surface area contributed by atoms with E-state index in [4.69, 9.17) is 4.98 Å². The van der Waals surface area contributed by atoms with Gasteiger partial charge in [0.1, 0.15) is 5.01 Å². The van der Waals surface area contributed by atoms with Gasteiger partial charge in [-0.3, -0.25) is 9.78 Å². The fourth-order valence-corrected chi connectivity index (χ4v) is 8.39. The molecule has 4 saturated carbocycles. The quantitative estimate of drug-likeness (QED) is 0.450. The number of amides is 1. The maximum absolute atomic E-state index is 13.4. The van der Waals surface area contributed by atoms with E-state index in [9.17, 15) is 4.79 Å². The van der Waals surface area contributed by atoms with Gasteiger partial charge in [0.25, 0.3) is 0 Å². The first kappa shape index (κ1) is 22.0. The predicted octanol–water partition coefficient (Wildman–Crippen LogP) is 6.44. The summed E-state index contributed by atoms with van der Waals surface area (Å²) in [5, 5.41) is 4.37. The fraction of sp³-hybridized carbons (Fsp3) is 0.483. The van der Waals surface area contributed by atoms with Crippen molar-refractivity contribution in [1.82, 2.24) is 15.3 Å². The van der Waals surface area contributed by atoms with Gasteiger partial charge < -0.3 is 5.32 Å². The molecule has 4 aliphatic carbocycles. The molecule has 2 aromatic heterocycles. The lowest BCUT2D eigenvalue weighted by Crippen LogP contribution is -2.56. The molecule has 4 nitrogen and oxygen atoms in total. The monoisotopic (exact) mass is 471 g/mol. The zero-order valence-electron chi connectivity index (χ0n) is 20.1. The molecule has 34 heavy (non-hydrogen) atoms. The molecule has 176 valence electrons. The van der Waals surface area contributed by atoms with Gasteiger partial charge in [0, 0.05) is 34.4 Å². The third-order valence-electron chi connectivity index (χ3n) is 8.63. The second-order valence-electron chi connectivity index (χ2n) is 11.1. The molecule has 5 heteroatoms. The van der Waals surface area contributed by atoms with Gasteiger partial charge in [0.2, 0.25) is 5.91 Å². The van der Waals surface area contributed by atoms with Crippen molar-refractivity contribution in [2.75, 3.05) is 0 Å². The van der Waals surface area contributed by atoms with Crippen LogP contribution in [-0.2, 0) is 11.2 Å². The number of nitrogens with one attached hydrogen (secondary N) is 1. The van der Waals surface area contributed by atoms with Crippen LogP contribution in [0.1, 0.15) is 55.9 Å². The van der Waals surface area contributed by atoms with Crippen molar-refractivity contribution in [3.8, 4) is 21.8 Å². The molecule has 1 amide bonds. The molecule has 2 heterocycles. The Kier molecular flexibility index (Phi) is 5.56. The lowest BCUT2D eigenvalue weighted by Gasteiger charge is -2.59. The molecule has 1 N–H and O–H groups in total. The Morgan fingerprint density at radius 1 is 1.06 bits per heavy atom. The molecule has 3 aromatic rings. The Labute approximate surface area is 206 Å². The van der Waals surface area contributed by atoms with Crippen molar-refractivity contribution in [1.29, 1.82) is 0 Å². The van der Waals surface area contributed by atoms with Crippen LogP contribution < -0.4 is 5.32 Å². The maximum Gasteiger partial charge on any atom is 0.225 e. The molecule has 0 spiro atoms. The van der Waals surface area contributed by atoms with E-state index in [0.29, 0.717) is 11.8 Å². The van der Waals surface area contributed by atoms with Crippen LogP contribution >= 0.6 is 11.3 Å². The van der Waals surface area contributed by atoms with Gasteiger partial charge >= 0.3 is 0 Å². The van der Waals surface area contributed by atoms with E-state index < -0.39 is 0 Å². The van der Waals surface area contributed by atoms with Gasteiger partial charge in [-0.25, -0.2) is 4.98 Å². The topological polar surface area (TPSA) is 54.9 Å². The van der Waals surface area contributed by atoms with Gasteiger partial charge in [-0.1, -0.05) is 29.8 Å². The van der Waals surface area contributed by atoms with Gasteiger partial charge in [-0.2, -0.15) is 0 Å². The molecule has 7 rings (SSSR count). The summed E-state index contributed by atoms with van der Waals surface area (Å²) < 4.78 is 0. The molecule has 4 aliphatic rings. The van der Waals surface area contributed by atoms with Crippen molar-refractivity contribution in [3.63, 3.8) is 0 Å². The number of carbonyl (C=O) groups excluding carboxylic acids is 1. The van der Waals surface area contributed by atoms with Crippen LogP contribution in [0.15, 0.2) is 48.8 Å². The number of pyridine rings is 1. The van der Waals surface area contributed by atoms with Crippen molar-refractivity contribution >= 4 is 17.2 Å². The third kappa shape index (κ3) is 4.08. The summed E-state index contributed by atoms with van der Waals surface area (Å²) in [6, 6.07) is 12.6. The third-order valence-corrected chi connectivity index (χ3v) is 9.74. The van der Waals surface area contributed by atoms with E-state index in [1.807, 2.05) is 18.3 Å². The van der Waals surface area contributed by atoms with Crippen LogP contribution in [0.4, 0.5) is 0 Å². The molecular formula is C29H33N3OS. The number of rotatable bonds is 6. The summed E-state index contributed by atoms with van der Waals surface area (Å²) in [5.41, 5.74) is 4.51. The molecule has 0 saturated heterocycles. The summed E-state index contributed by atoms with van der Waals surface area (Å²) >= 11 is 1.61. The van der Waals surface area contributed by atoms with Crippen molar-refractivity contribution in [2.24, 2.45) is 23.2 Å². The van der Waals surface area contributed by atoms with Gasteiger partial charge in [-0.05, 0) is 87.7 Å². The number of thiazole rings is 1. The minimum atomic E-state index is 0.123. The Morgan fingerprint density at radius 3 is 2.35 bits per heavy atom.